The fourth-order valence-electron chi connectivity index (χ4n) is 0.549. The van der Waals surface area contributed by atoms with Crippen LogP contribution in [0.5, 0.6) is 0 Å². The SMILES string of the molecule is CC(=O)/C(C)=C/NCC(C)C. The highest BCUT2D eigenvalue weighted by Crippen LogP contribution is 1.92. The van der Waals surface area contributed by atoms with Crippen LogP contribution in [0, 0.1) is 5.92 Å². The lowest BCUT2D eigenvalue weighted by Gasteiger charge is -2.04. The number of carbonyl (C=O) groups is 1. The Kier molecular flexibility index (Phi) is 4.59. The zero-order valence-corrected chi connectivity index (χ0v) is 7.77. The van der Waals surface area contributed by atoms with E-state index < -0.39 is 0 Å². The number of ketones is 1. The molecule has 0 saturated carbocycles. The summed E-state index contributed by atoms with van der Waals surface area (Å²) in [7, 11) is 0. The molecule has 0 aromatic carbocycles. The van der Waals surface area contributed by atoms with E-state index in [0.29, 0.717) is 5.92 Å². The lowest BCUT2D eigenvalue weighted by molar-refractivity contribution is -0.113. The van der Waals surface area contributed by atoms with Gasteiger partial charge in [-0.05, 0) is 19.8 Å². The maximum Gasteiger partial charge on any atom is 0.156 e. The number of hydrogen-bond donors (Lipinski definition) is 1. The van der Waals surface area contributed by atoms with E-state index in [1.54, 1.807) is 13.1 Å². The van der Waals surface area contributed by atoms with Crippen molar-refractivity contribution in [3.05, 3.63) is 11.8 Å². The Bertz CT molecular complexity index is 159. The van der Waals surface area contributed by atoms with Crippen LogP contribution in [0.2, 0.25) is 0 Å². The van der Waals surface area contributed by atoms with Crippen molar-refractivity contribution in [3.63, 3.8) is 0 Å². The number of nitrogens with one attached hydrogen (secondary N) is 1. The van der Waals surface area contributed by atoms with Gasteiger partial charge in [0.25, 0.3) is 0 Å². The first kappa shape index (κ1) is 10.2. The fourth-order valence-corrected chi connectivity index (χ4v) is 0.549. The molecule has 0 aromatic heterocycles. The third-order valence-corrected chi connectivity index (χ3v) is 1.40. The van der Waals surface area contributed by atoms with Crippen molar-refractivity contribution in [3.8, 4) is 0 Å². The lowest BCUT2D eigenvalue weighted by Crippen LogP contribution is -2.14. The highest BCUT2D eigenvalue weighted by molar-refractivity contribution is 5.92. The molecule has 0 rings (SSSR count). The van der Waals surface area contributed by atoms with Crippen molar-refractivity contribution in [1.82, 2.24) is 5.32 Å². The second-order valence-electron chi connectivity index (χ2n) is 3.19. The molecule has 11 heavy (non-hydrogen) atoms. The van der Waals surface area contributed by atoms with E-state index in [2.05, 4.69) is 19.2 Å². The molecular weight excluding hydrogens is 138 g/mol. The maximum atomic E-state index is 10.7. The van der Waals surface area contributed by atoms with Gasteiger partial charge in [0.1, 0.15) is 0 Å². The summed E-state index contributed by atoms with van der Waals surface area (Å²) in [5.74, 6) is 0.743. The first-order chi connectivity index (χ1) is 5.04. The smallest absolute Gasteiger partial charge is 0.156 e. The van der Waals surface area contributed by atoms with Crippen LogP contribution in [0.3, 0.4) is 0 Å². The molecule has 0 bridgehead atoms. The van der Waals surface area contributed by atoms with Crippen LogP contribution in [0.4, 0.5) is 0 Å². The van der Waals surface area contributed by atoms with E-state index in [-0.39, 0.29) is 5.78 Å². The van der Waals surface area contributed by atoms with E-state index >= 15 is 0 Å². The molecule has 1 N–H and O–H groups in total. The van der Waals surface area contributed by atoms with Crippen LogP contribution in [0.15, 0.2) is 11.8 Å². The normalized spacial score (nSPS) is 11.9. The Hall–Kier alpha value is -0.790. The largest absolute Gasteiger partial charge is 0.390 e. The zero-order valence-electron chi connectivity index (χ0n) is 7.77. The monoisotopic (exact) mass is 155 g/mol. The number of carbonyl (C=O) groups excluding carboxylic acids is 1. The van der Waals surface area contributed by atoms with Crippen molar-refractivity contribution in [2.75, 3.05) is 6.54 Å². The van der Waals surface area contributed by atoms with Gasteiger partial charge in [0.2, 0.25) is 0 Å². The average molecular weight is 155 g/mol. The van der Waals surface area contributed by atoms with Gasteiger partial charge in [0.15, 0.2) is 5.78 Å². The number of allylic oxidation sites excluding steroid dienone is 1. The number of Topliss-reactive ketones (excluding diaryl/α,β-unsaturated/α-hetero) is 1. The Balaban J connectivity index is 3.65. The van der Waals surface area contributed by atoms with Gasteiger partial charge in [-0.25, -0.2) is 0 Å². The molecule has 0 aliphatic heterocycles. The third kappa shape index (κ3) is 5.64. The molecule has 64 valence electrons. The predicted octanol–water partition coefficient (Wildman–Crippen LogP) is 1.72. The summed E-state index contributed by atoms with van der Waals surface area (Å²) in [5.41, 5.74) is 0.783. The average Bonchev–Trinajstić information content (AvgIpc) is 1.86. The van der Waals surface area contributed by atoms with E-state index in [1.165, 1.54) is 0 Å². The van der Waals surface area contributed by atoms with Gasteiger partial charge in [-0.3, -0.25) is 4.79 Å². The second-order valence-corrected chi connectivity index (χ2v) is 3.19. The number of hydrogen-bond acceptors (Lipinski definition) is 2. The summed E-state index contributed by atoms with van der Waals surface area (Å²) in [6.07, 6.45) is 1.78. The van der Waals surface area contributed by atoms with Crippen LogP contribution in [-0.2, 0) is 4.79 Å². The molecular formula is C9H17NO. The zero-order chi connectivity index (χ0) is 8.85. The summed E-state index contributed by atoms with van der Waals surface area (Å²) in [5, 5.41) is 3.08. The predicted molar refractivity (Wildman–Crippen MR) is 47.3 cm³/mol. The molecule has 0 radical (unpaired) electrons. The quantitative estimate of drug-likeness (QED) is 0.626. The first-order valence-electron chi connectivity index (χ1n) is 3.95. The molecule has 0 spiro atoms. The summed E-state index contributed by atoms with van der Waals surface area (Å²) in [6.45, 7) is 8.57. The highest BCUT2D eigenvalue weighted by atomic mass is 16.1. The Morgan fingerprint density at radius 1 is 1.45 bits per heavy atom. The van der Waals surface area contributed by atoms with Crippen LogP contribution >= 0.6 is 0 Å². The Morgan fingerprint density at radius 2 is 2.00 bits per heavy atom. The Labute approximate surface area is 68.7 Å². The molecule has 0 amide bonds. The van der Waals surface area contributed by atoms with Gasteiger partial charge in [-0.15, -0.1) is 0 Å². The van der Waals surface area contributed by atoms with E-state index in [0.717, 1.165) is 12.1 Å². The minimum atomic E-state index is 0.126. The molecule has 2 heteroatoms. The maximum absolute atomic E-state index is 10.7. The molecule has 0 aromatic rings. The molecule has 0 atom stereocenters. The minimum absolute atomic E-state index is 0.126. The molecule has 0 fully saturated rings. The van der Waals surface area contributed by atoms with Gasteiger partial charge in [-0.1, -0.05) is 13.8 Å². The second kappa shape index (κ2) is 4.94. The van der Waals surface area contributed by atoms with Gasteiger partial charge in [0, 0.05) is 18.3 Å². The minimum Gasteiger partial charge on any atom is -0.390 e. The molecule has 0 unspecified atom stereocenters. The van der Waals surface area contributed by atoms with Crippen LogP contribution in [-0.4, -0.2) is 12.3 Å². The van der Waals surface area contributed by atoms with Gasteiger partial charge < -0.3 is 5.32 Å². The molecule has 0 aliphatic rings. The van der Waals surface area contributed by atoms with Crippen molar-refractivity contribution in [2.24, 2.45) is 5.92 Å². The van der Waals surface area contributed by atoms with Gasteiger partial charge in [0.05, 0.1) is 0 Å². The van der Waals surface area contributed by atoms with E-state index in [4.69, 9.17) is 0 Å². The highest BCUT2D eigenvalue weighted by Gasteiger charge is 1.94. The van der Waals surface area contributed by atoms with Crippen molar-refractivity contribution in [2.45, 2.75) is 27.7 Å². The molecule has 0 saturated heterocycles. The summed E-state index contributed by atoms with van der Waals surface area (Å²) >= 11 is 0. The molecule has 0 aliphatic carbocycles. The van der Waals surface area contributed by atoms with Gasteiger partial charge >= 0.3 is 0 Å². The van der Waals surface area contributed by atoms with Crippen molar-refractivity contribution < 1.29 is 4.79 Å². The lowest BCUT2D eigenvalue weighted by atomic mass is 10.2. The topological polar surface area (TPSA) is 29.1 Å². The standard InChI is InChI=1S/C9H17NO/c1-7(2)5-10-6-8(3)9(4)11/h6-7,10H,5H2,1-4H3/b8-6+. The summed E-state index contributed by atoms with van der Waals surface area (Å²) < 4.78 is 0. The molecule has 2 nitrogen and oxygen atoms in total. The summed E-state index contributed by atoms with van der Waals surface area (Å²) in [6, 6.07) is 0. The van der Waals surface area contributed by atoms with Crippen molar-refractivity contribution >= 4 is 5.78 Å². The third-order valence-electron chi connectivity index (χ3n) is 1.40. The van der Waals surface area contributed by atoms with E-state index in [1.807, 2.05) is 6.92 Å². The van der Waals surface area contributed by atoms with Crippen LogP contribution in [0.1, 0.15) is 27.7 Å². The molecule has 0 heterocycles. The Morgan fingerprint density at radius 3 is 2.36 bits per heavy atom. The van der Waals surface area contributed by atoms with E-state index in [9.17, 15) is 4.79 Å². The van der Waals surface area contributed by atoms with Crippen LogP contribution in [0.25, 0.3) is 0 Å². The fraction of sp³-hybridized carbons (Fsp3) is 0.667. The number of rotatable bonds is 4. The van der Waals surface area contributed by atoms with Crippen molar-refractivity contribution in [1.29, 1.82) is 0 Å². The van der Waals surface area contributed by atoms with Crippen LogP contribution < -0.4 is 5.32 Å². The van der Waals surface area contributed by atoms with Gasteiger partial charge in [-0.2, -0.15) is 0 Å². The summed E-state index contributed by atoms with van der Waals surface area (Å²) in [4.78, 5) is 10.7. The first-order valence-corrected chi connectivity index (χ1v) is 3.95.